The van der Waals surface area contributed by atoms with Crippen LogP contribution in [0.15, 0.2) is 98.8 Å². The average molecular weight is 314 g/mol. The number of fused-ring (bicyclic) bond motifs is 4. The number of hydrogen-bond donors (Lipinski definition) is 0. The maximum Gasteiger partial charge on any atom is 0.343 e. The van der Waals surface area contributed by atoms with Gasteiger partial charge in [0.05, 0.1) is 11.6 Å². The first-order chi connectivity index (χ1) is 11.8. The first kappa shape index (κ1) is 14.3. The number of furan rings is 1. The third kappa shape index (κ3) is 2.57. The summed E-state index contributed by atoms with van der Waals surface area (Å²) in [7, 11) is 0. The Labute approximate surface area is 137 Å². The van der Waals surface area contributed by atoms with Crippen LogP contribution in [-0.2, 0) is 0 Å². The van der Waals surface area contributed by atoms with Crippen LogP contribution in [0.5, 0.6) is 0 Å². The van der Waals surface area contributed by atoms with Gasteiger partial charge in [-0.15, -0.1) is 0 Å². The van der Waals surface area contributed by atoms with E-state index in [0.717, 1.165) is 16.6 Å². The van der Waals surface area contributed by atoms with Crippen molar-refractivity contribution in [1.29, 1.82) is 0 Å². The molecule has 0 aliphatic heterocycles. The maximum absolute atomic E-state index is 11.0. The summed E-state index contributed by atoms with van der Waals surface area (Å²) in [5.41, 5.74) is 1.65. The molecule has 2 aromatic heterocycles. The zero-order valence-electron chi connectivity index (χ0n) is 12.8. The largest absolute Gasteiger partial charge is 0.456 e. The van der Waals surface area contributed by atoms with Crippen LogP contribution < -0.4 is 5.63 Å². The van der Waals surface area contributed by atoms with Crippen molar-refractivity contribution in [1.82, 2.24) is 0 Å². The molecule has 0 saturated heterocycles. The van der Waals surface area contributed by atoms with E-state index in [2.05, 4.69) is 16.5 Å². The predicted molar refractivity (Wildman–Crippen MR) is 96.2 cm³/mol. The third-order valence-electron chi connectivity index (χ3n) is 3.89. The zero-order chi connectivity index (χ0) is 16.4. The molecule has 3 heteroatoms. The minimum atomic E-state index is -0.275. The fraction of sp³-hybridized carbons (Fsp3) is 0. The average Bonchev–Trinajstić information content (AvgIpc) is 3.02. The Bertz CT molecular complexity index is 1130. The molecule has 0 radical (unpaired) electrons. The highest BCUT2D eigenvalue weighted by Gasteiger charge is 2.03. The lowest BCUT2D eigenvalue weighted by Crippen LogP contribution is -1.96. The van der Waals surface area contributed by atoms with Gasteiger partial charge in [-0.25, -0.2) is 4.79 Å². The van der Waals surface area contributed by atoms with Crippen molar-refractivity contribution in [2.24, 2.45) is 0 Å². The second-order valence-corrected chi connectivity index (χ2v) is 5.39. The van der Waals surface area contributed by atoms with Gasteiger partial charge in [-0.3, -0.25) is 0 Å². The second kappa shape index (κ2) is 6.05. The predicted octanol–water partition coefficient (Wildman–Crippen LogP) is 5.38. The van der Waals surface area contributed by atoms with Crippen LogP contribution in [0.1, 0.15) is 0 Å². The summed E-state index contributed by atoms with van der Waals surface area (Å²) in [5, 5.41) is 3.94. The van der Waals surface area contributed by atoms with Crippen LogP contribution in [0.3, 0.4) is 0 Å². The number of hydrogen-bond acceptors (Lipinski definition) is 3. The molecule has 0 bridgehead atoms. The quantitative estimate of drug-likeness (QED) is 0.385. The lowest BCUT2D eigenvalue weighted by atomic mass is 10.2. The highest BCUT2D eigenvalue weighted by molar-refractivity contribution is 6.04. The van der Waals surface area contributed by atoms with Gasteiger partial charge in [-0.1, -0.05) is 54.6 Å². The molecule has 3 nitrogen and oxygen atoms in total. The van der Waals surface area contributed by atoms with Gasteiger partial charge in [0.25, 0.3) is 0 Å². The van der Waals surface area contributed by atoms with Gasteiger partial charge < -0.3 is 8.83 Å². The van der Waals surface area contributed by atoms with E-state index >= 15 is 0 Å². The topological polar surface area (TPSA) is 43.4 Å². The summed E-state index contributed by atoms with van der Waals surface area (Å²) in [6.07, 6.45) is 1.41. The molecule has 0 atom stereocenters. The van der Waals surface area contributed by atoms with E-state index in [-0.39, 0.29) is 5.63 Å². The van der Waals surface area contributed by atoms with Gasteiger partial charge in [-0.05, 0) is 29.7 Å². The Kier molecular flexibility index (Phi) is 3.60. The second-order valence-electron chi connectivity index (χ2n) is 5.39. The molecular weight excluding hydrogens is 300 g/mol. The van der Waals surface area contributed by atoms with Crippen molar-refractivity contribution < 1.29 is 8.83 Å². The molecule has 3 aromatic carbocycles. The fourth-order valence-electron chi connectivity index (χ4n) is 2.74. The lowest BCUT2D eigenvalue weighted by molar-refractivity contribution is 0.519. The molecular formula is C21H14O3. The van der Waals surface area contributed by atoms with Gasteiger partial charge in [0.15, 0.2) is 0 Å². The van der Waals surface area contributed by atoms with Gasteiger partial charge in [0, 0.05) is 10.8 Å². The summed E-state index contributed by atoms with van der Waals surface area (Å²) >= 11 is 0. The van der Waals surface area contributed by atoms with Crippen molar-refractivity contribution in [3.8, 4) is 0 Å². The molecule has 116 valence electrons. The first-order valence-corrected chi connectivity index (χ1v) is 7.66. The SMILES string of the molecule is O=c1occc2ccccc12.c1ccc2c(c1)oc1ccccc12. The molecule has 2 heterocycles. The molecule has 0 unspecified atom stereocenters. The van der Waals surface area contributed by atoms with E-state index in [9.17, 15) is 4.79 Å². The summed E-state index contributed by atoms with van der Waals surface area (Å²) in [6, 6.07) is 25.3. The lowest BCUT2D eigenvalue weighted by Gasteiger charge is -1.91. The summed E-state index contributed by atoms with van der Waals surface area (Å²) in [6.45, 7) is 0. The summed E-state index contributed by atoms with van der Waals surface area (Å²) in [4.78, 5) is 11.0. The molecule has 24 heavy (non-hydrogen) atoms. The van der Waals surface area contributed by atoms with Crippen molar-refractivity contribution in [2.45, 2.75) is 0 Å². The number of rotatable bonds is 0. The minimum Gasteiger partial charge on any atom is -0.456 e. The molecule has 0 aliphatic carbocycles. The molecule has 0 fully saturated rings. The first-order valence-electron chi connectivity index (χ1n) is 7.66. The summed E-state index contributed by atoms with van der Waals surface area (Å²) in [5.74, 6) is 0. The van der Waals surface area contributed by atoms with Crippen molar-refractivity contribution in [3.63, 3.8) is 0 Å². The monoisotopic (exact) mass is 314 g/mol. The Hall–Kier alpha value is -3.33. The van der Waals surface area contributed by atoms with Crippen LogP contribution in [0, 0.1) is 0 Å². The van der Waals surface area contributed by atoms with E-state index < -0.39 is 0 Å². The van der Waals surface area contributed by atoms with Crippen molar-refractivity contribution >= 4 is 32.7 Å². The van der Waals surface area contributed by atoms with Crippen LogP contribution in [-0.4, -0.2) is 0 Å². The molecule has 5 aromatic rings. The van der Waals surface area contributed by atoms with E-state index in [1.165, 1.54) is 17.0 Å². The van der Waals surface area contributed by atoms with Gasteiger partial charge in [-0.2, -0.15) is 0 Å². The maximum atomic E-state index is 11.0. The van der Waals surface area contributed by atoms with E-state index in [4.69, 9.17) is 4.42 Å². The van der Waals surface area contributed by atoms with Crippen molar-refractivity contribution in [3.05, 3.63) is 95.5 Å². The Balaban J connectivity index is 0.000000123. The van der Waals surface area contributed by atoms with Crippen LogP contribution in [0.25, 0.3) is 32.7 Å². The summed E-state index contributed by atoms with van der Waals surface area (Å²) < 4.78 is 10.3. The van der Waals surface area contributed by atoms with E-state index in [1.807, 2.05) is 54.6 Å². The Morgan fingerprint density at radius 3 is 1.75 bits per heavy atom. The van der Waals surface area contributed by atoms with Crippen molar-refractivity contribution in [2.75, 3.05) is 0 Å². The highest BCUT2D eigenvalue weighted by atomic mass is 16.4. The number of benzene rings is 3. The Morgan fingerprint density at radius 2 is 1.12 bits per heavy atom. The number of para-hydroxylation sites is 2. The third-order valence-corrected chi connectivity index (χ3v) is 3.89. The van der Waals surface area contributed by atoms with Crippen LogP contribution >= 0.6 is 0 Å². The molecule has 0 spiro atoms. The fourth-order valence-corrected chi connectivity index (χ4v) is 2.74. The van der Waals surface area contributed by atoms with Crippen LogP contribution in [0.2, 0.25) is 0 Å². The zero-order valence-corrected chi connectivity index (χ0v) is 12.8. The smallest absolute Gasteiger partial charge is 0.343 e. The Morgan fingerprint density at radius 1 is 0.583 bits per heavy atom. The van der Waals surface area contributed by atoms with Gasteiger partial charge in [0.2, 0.25) is 0 Å². The molecule has 0 aliphatic rings. The van der Waals surface area contributed by atoms with Crippen LogP contribution in [0.4, 0.5) is 0 Å². The molecule has 0 amide bonds. The van der Waals surface area contributed by atoms with E-state index in [1.54, 1.807) is 12.1 Å². The van der Waals surface area contributed by atoms with E-state index in [0.29, 0.717) is 5.39 Å². The van der Waals surface area contributed by atoms with Gasteiger partial charge >= 0.3 is 5.63 Å². The standard InChI is InChI=1S/C12H8O.C9H6O2/c1-3-7-11-9(5-1)10-6-2-4-8-12(10)13-11;10-9-8-4-2-1-3-7(8)5-6-11-9/h1-8H;1-6H. The molecule has 0 saturated carbocycles. The molecule has 5 rings (SSSR count). The normalized spacial score (nSPS) is 10.7. The highest BCUT2D eigenvalue weighted by Crippen LogP contribution is 2.27. The molecule has 0 N–H and O–H groups in total. The van der Waals surface area contributed by atoms with Gasteiger partial charge in [0.1, 0.15) is 11.2 Å². The minimum absolute atomic E-state index is 0.275.